The molecule has 0 bridgehead atoms. The van der Waals surface area contributed by atoms with Gasteiger partial charge in [0.15, 0.2) is 0 Å². The van der Waals surface area contributed by atoms with Crippen LogP contribution in [0.2, 0.25) is 0 Å². The van der Waals surface area contributed by atoms with Gasteiger partial charge in [-0.1, -0.05) is 0 Å². The van der Waals surface area contributed by atoms with Crippen molar-refractivity contribution in [1.29, 1.82) is 0 Å². The molecule has 0 spiro atoms. The fourth-order valence-electron chi connectivity index (χ4n) is 1.65. The third-order valence-electron chi connectivity index (χ3n) is 2.42. The first-order chi connectivity index (χ1) is 6.36. The van der Waals surface area contributed by atoms with E-state index in [0.717, 1.165) is 25.0 Å². The average molecular weight is 198 g/mol. The minimum atomic E-state index is 0.0989. The van der Waals surface area contributed by atoms with E-state index in [1.165, 1.54) is 18.0 Å². The standard InChI is InChI=1S/C9H14N2OS/c10-9(7-5-11-13-6-7)4-8-2-1-3-12-8/h5-6,8-9H,1-4,10H2. The van der Waals surface area contributed by atoms with Crippen molar-refractivity contribution < 1.29 is 4.74 Å². The van der Waals surface area contributed by atoms with Crippen molar-refractivity contribution in [1.82, 2.24) is 4.37 Å². The van der Waals surface area contributed by atoms with Crippen molar-refractivity contribution in [3.05, 3.63) is 17.1 Å². The Bertz CT molecular complexity index is 244. The molecule has 2 rings (SSSR count). The van der Waals surface area contributed by atoms with E-state index in [4.69, 9.17) is 10.5 Å². The first kappa shape index (κ1) is 9.12. The van der Waals surface area contributed by atoms with Gasteiger partial charge in [0.1, 0.15) is 0 Å². The van der Waals surface area contributed by atoms with Gasteiger partial charge in [0.2, 0.25) is 0 Å². The summed E-state index contributed by atoms with van der Waals surface area (Å²) >= 11 is 1.46. The molecular weight excluding hydrogens is 184 g/mol. The predicted octanol–water partition coefficient (Wildman–Crippen LogP) is 1.71. The van der Waals surface area contributed by atoms with Gasteiger partial charge in [-0.15, -0.1) is 0 Å². The minimum absolute atomic E-state index is 0.0989. The van der Waals surface area contributed by atoms with Gasteiger partial charge in [0, 0.05) is 24.2 Å². The number of nitrogens with zero attached hydrogens (tertiary/aromatic N) is 1. The van der Waals surface area contributed by atoms with Gasteiger partial charge in [0.05, 0.1) is 6.10 Å². The number of hydrogen-bond acceptors (Lipinski definition) is 4. The van der Waals surface area contributed by atoms with Crippen LogP contribution in [0.5, 0.6) is 0 Å². The van der Waals surface area contributed by atoms with E-state index in [-0.39, 0.29) is 6.04 Å². The zero-order valence-electron chi connectivity index (χ0n) is 7.48. The van der Waals surface area contributed by atoms with Gasteiger partial charge in [-0.2, -0.15) is 0 Å². The zero-order valence-corrected chi connectivity index (χ0v) is 8.30. The Hall–Kier alpha value is -0.450. The largest absolute Gasteiger partial charge is 0.378 e. The van der Waals surface area contributed by atoms with Gasteiger partial charge < -0.3 is 10.5 Å². The predicted molar refractivity (Wildman–Crippen MR) is 52.6 cm³/mol. The molecule has 1 aromatic heterocycles. The van der Waals surface area contributed by atoms with Crippen LogP contribution < -0.4 is 5.73 Å². The molecule has 2 heterocycles. The van der Waals surface area contributed by atoms with Crippen molar-refractivity contribution in [2.75, 3.05) is 6.61 Å². The summed E-state index contributed by atoms with van der Waals surface area (Å²) in [6.07, 6.45) is 5.49. The minimum Gasteiger partial charge on any atom is -0.378 e. The Morgan fingerprint density at radius 1 is 1.77 bits per heavy atom. The molecule has 4 heteroatoms. The number of rotatable bonds is 3. The molecule has 1 aliphatic heterocycles. The van der Waals surface area contributed by atoms with Crippen LogP contribution in [0.3, 0.4) is 0 Å². The van der Waals surface area contributed by atoms with Gasteiger partial charge in [-0.3, -0.25) is 0 Å². The Morgan fingerprint density at radius 3 is 3.31 bits per heavy atom. The third kappa shape index (κ3) is 2.27. The Balaban J connectivity index is 1.87. The normalized spacial score (nSPS) is 24.8. The van der Waals surface area contributed by atoms with Gasteiger partial charge in [-0.25, -0.2) is 4.37 Å². The molecule has 0 aromatic carbocycles. The smallest absolute Gasteiger partial charge is 0.0594 e. The van der Waals surface area contributed by atoms with Crippen molar-refractivity contribution >= 4 is 11.5 Å². The number of aromatic nitrogens is 1. The second-order valence-electron chi connectivity index (χ2n) is 3.43. The third-order valence-corrected chi connectivity index (χ3v) is 3.03. The van der Waals surface area contributed by atoms with E-state index in [1.54, 1.807) is 0 Å². The van der Waals surface area contributed by atoms with Crippen LogP contribution in [0.1, 0.15) is 30.9 Å². The number of nitrogens with two attached hydrogens (primary N) is 1. The van der Waals surface area contributed by atoms with Crippen LogP contribution in [0.25, 0.3) is 0 Å². The van der Waals surface area contributed by atoms with E-state index in [0.29, 0.717) is 6.10 Å². The first-order valence-corrected chi connectivity index (χ1v) is 5.46. The van der Waals surface area contributed by atoms with E-state index >= 15 is 0 Å². The summed E-state index contributed by atoms with van der Waals surface area (Å²) in [5, 5.41) is 2.01. The summed E-state index contributed by atoms with van der Waals surface area (Å²) in [7, 11) is 0. The highest BCUT2D eigenvalue weighted by Gasteiger charge is 2.19. The lowest BCUT2D eigenvalue weighted by molar-refractivity contribution is 0.0983. The second kappa shape index (κ2) is 4.17. The molecule has 72 valence electrons. The molecule has 1 aromatic rings. The quantitative estimate of drug-likeness (QED) is 0.804. The monoisotopic (exact) mass is 198 g/mol. The molecule has 0 amide bonds. The molecular formula is C9H14N2OS. The van der Waals surface area contributed by atoms with Crippen LogP contribution in [0.4, 0.5) is 0 Å². The van der Waals surface area contributed by atoms with Crippen LogP contribution in [-0.4, -0.2) is 17.1 Å². The summed E-state index contributed by atoms with van der Waals surface area (Å²) in [5.41, 5.74) is 7.15. The lowest BCUT2D eigenvalue weighted by Gasteiger charge is -2.14. The topological polar surface area (TPSA) is 48.1 Å². The van der Waals surface area contributed by atoms with Crippen molar-refractivity contribution in [3.8, 4) is 0 Å². The van der Waals surface area contributed by atoms with Crippen molar-refractivity contribution in [2.45, 2.75) is 31.4 Å². The Kier molecular flexibility index (Phi) is 2.93. The molecule has 2 atom stereocenters. The second-order valence-corrected chi connectivity index (χ2v) is 4.09. The molecule has 13 heavy (non-hydrogen) atoms. The summed E-state index contributed by atoms with van der Waals surface area (Å²) < 4.78 is 9.56. The van der Waals surface area contributed by atoms with E-state index in [9.17, 15) is 0 Å². The average Bonchev–Trinajstić information content (AvgIpc) is 2.74. The van der Waals surface area contributed by atoms with Crippen molar-refractivity contribution in [2.24, 2.45) is 5.73 Å². The zero-order chi connectivity index (χ0) is 9.10. The molecule has 0 radical (unpaired) electrons. The molecule has 1 aliphatic rings. The molecule has 3 nitrogen and oxygen atoms in total. The summed E-state index contributed by atoms with van der Waals surface area (Å²) in [6.45, 7) is 0.902. The Labute approximate surface area is 82.1 Å². The summed E-state index contributed by atoms with van der Waals surface area (Å²) in [5.74, 6) is 0. The van der Waals surface area contributed by atoms with Gasteiger partial charge in [0.25, 0.3) is 0 Å². The number of hydrogen-bond donors (Lipinski definition) is 1. The maximum Gasteiger partial charge on any atom is 0.0594 e. The molecule has 0 saturated carbocycles. The van der Waals surface area contributed by atoms with E-state index in [2.05, 4.69) is 4.37 Å². The number of ether oxygens (including phenoxy) is 1. The lowest BCUT2D eigenvalue weighted by atomic mass is 10.0. The van der Waals surface area contributed by atoms with Crippen LogP contribution in [-0.2, 0) is 4.74 Å². The SMILES string of the molecule is NC(CC1CCCO1)c1cnsc1. The fraction of sp³-hybridized carbons (Fsp3) is 0.667. The highest BCUT2D eigenvalue weighted by Crippen LogP contribution is 2.23. The Morgan fingerprint density at radius 2 is 2.69 bits per heavy atom. The van der Waals surface area contributed by atoms with Crippen LogP contribution in [0.15, 0.2) is 11.6 Å². The van der Waals surface area contributed by atoms with E-state index < -0.39 is 0 Å². The van der Waals surface area contributed by atoms with Gasteiger partial charge in [-0.05, 0) is 36.4 Å². The van der Waals surface area contributed by atoms with E-state index in [1.807, 2.05) is 11.6 Å². The molecule has 0 aliphatic carbocycles. The molecule has 1 fully saturated rings. The molecule has 2 N–H and O–H groups in total. The van der Waals surface area contributed by atoms with Crippen molar-refractivity contribution in [3.63, 3.8) is 0 Å². The highest BCUT2D eigenvalue weighted by molar-refractivity contribution is 7.03. The summed E-state index contributed by atoms with van der Waals surface area (Å²) in [4.78, 5) is 0. The maximum atomic E-state index is 6.01. The maximum absolute atomic E-state index is 6.01. The van der Waals surface area contributed by atoms with Crippen LogP contribution in [0, 0.1) is 0 Å². The lowest BCUT2D eigenvalue weighted by Crippen LogP contribution is -2.17. The molecule has 1 saturated heterocycles. The van der Waals surface area contributed by atoms with Crippen LogP contribution >= 0.6 is 11.5 Å². The first-order valence-electron chi connectivity index (χ1n) is 4.62. The summed E-state index contributed by atoms with van der Waals surface area (Å²) in [6, 6.07) is 0.0989. The fourth-order valence-corrected chi connectivity index (χ4v) is 2.25. The highest BCUT2D eigenvalue weighted by atomic mass is 32.1. The molecule has 2 unspecified atom stereocenters. The van der Waals surface area contributed by atoms with Gasteiger partial charge >= 0.3 is 0 Å².